The Bertz CT molecular complexity index is 860. The number of imide groups is 1. The van der Waals surface area contributed by atoms with Gasteiger partial charge in [0.15, 0.2) is 0 Å². The van der Waals surface area contributed by atoms with Crippen molar-refractivity contribution in [1.29, 1.82) is 0 Å². The lowest BCUT2D eigenvalue weighted by Crippen LogP contribution is -2.54. The van der Waals surface area contributed by atoms with Crippen molar-refractivity contribution in [3.05, 3.63) is 28.8 Å². The van der Waals surface area contributed by atoms with E-state index in [1.165, 1.54) is 4.90 Å². The van der Waals surface area contributed by atoms with Gasteiger partial charge in [-0.25, -0.2) is 0 Å². The van der Waals surface area contributed by atoms with E-state index in [1.807, 2.05) is 0 Å². The summed E-state index contributed by atoms with van der Waals surface area (Å²) in [6, 6.07) is 4.23. The maximum absolute atomic E-state index is 13.3. The minimum Gasteiger partial charge on any atom is -0.392 e. The molecule has 3 N–H and O–H groups in total. The Kier molecular flexibility index (Phi) is 4.70. The van der Waals surface area contributed by atoms with E-state index >= 15 is 0 Å². The molecule has 3 heterocycles. The van der Waals surface area contributed by atoms with Gasteiger partial charge in [0, 0.05) is 42.6 Å². The van der Waals surface area contributed by atoms with Crippen LogP contribution in [0.15, 0.2) is 18.2 Å². The number of benzene rings is 1. The molecule has 2 saturated heterocycles. The van der Waals surface area contributed by atoms with Crippen LogP contribution in [-0.4, -0.2) is 60.1 Å². The van der Waals surface area contributed by atoms with Gasteiger partial charge in [0.25, 0.3) is 0 Å². The number of fused-ring (bicyclic) bond motifs is 4. The van der Waals surface area contributed by atoms with E-state index in [9.17, 15) is 19.5 Å². The molecule has 0 aromatic heterocycles. The van der Waals surface area contributed by atoms with Crippen molar-refractivity contribution in [2.24, 2.45) is 11.8 Å². The van der Waals surface area contributed by atoms with Crippen molar-refractivity contribution in [2.75, 3.05) is 25.6 Å². The van der Waals surface area contributed by atoms with Crippen molar-refractivity contribution in [3.63, 3.8) is 0 Å². The van der Waals surface area contributed by atoms with E-state index in [2.05, 4.69) is 10.6 Å². The third-order valence-electron chi connectivity index (χ3n) is 5.95. The van der Waals surface area contributed by atoms with Crippen LogP contribution < -0.4 is 10.6 Å². The summed E-state index contributed by atoms with van der Waals surface area (Å²) < 4.78 is 5.02. The van der Waals surface area contributed by atoms with Gasteiger partial charge in [0.05, 0.1) is 17.9 Å². The van der Waals surface area contributed by atoms with Gasteiger partial charge in [0.1, 0.15) is 5.54 Å². The molecule has 0 radical (unpaired) electrons. The van der Waals surface area contributed by atoms with Crippen LogP contribution in [-0.2, 0) is 24.7 Å². The van der Waals surface area contributed by atoms with Crippen molar-refractivity contribution in [1.82, 2.24) is 10.2 Å². The number of hydrogen-bond acceptors (Lipinski definition) is 6. The molecule has 5 atom stereocenters. The van der Waals surface area contributed by atoms with Crippen LogP contribution in [0, 0.1) is 11.8 Å². The number of methoxy groups -OCH3 is 1. The number of carbonyl (C=O) groups excluding carboxylic acids is 3. The van der Waals surface area contributed by atoms with Crippen LogP contribution in [0.5, 0.6) is 0 Å². The van der Waals surface area contributed by atoms with E-state index < -0.39 is 41.3 Å². The molecule has 8 nitrogen and oxygen atoms in total. The molecule has 1 spiro atoms. The van der Waals surface area contributed by atoms with Crippen molar-refractivity contribution in [2.45, 2.75) is 31.0 Å². The fourth-order valence-electron chi connectivity index (χ4n) is 4.77. The zero-order valence-corrected chi connectivity index (χ0v) is 16.3. The molecule has 3 aliphatic heterocycles. The molecular weight excluding hydrogens is 386 g/mol. The first kappa shape index (κ1) is 19.3. The van der Waals surface area contributed by atoms with Gasteiger partial charge in [-0.1, -0.05) is 11.6 Å². The quantitative estimate of drug-likeness (QED) is 0.484. The normalized spacial score (nSPS) is 32.1. The first-order valence-electron chi connectivity index (χ1n) is 9.24. The maximum atomic E-state index is 13.3. The number of likely N-dealkylation sites (tertiary alicyclic amines) is 1. The molecule has 1 aromatic rings. The lowest BCUT2D eigenvalue weighted by atomic mass is 9.76. The number of anilines is 1. The predicted octanol–water partition coefficient (Wildman–Crippen LogP) is 0.478. The van der Waals surface area contributed by atoms with E-state index in [1.54, 1.807) is 32.2 Å². The summed E-state index contributed by atoms with van der Waals surface area (Å²) in [6.45, 7) is 2.17. The van der Waals surface area contributed by atoms with Gasteiger partial charge in [-0.15, -0.1) is 0 Å². The minimum atomic E-state index is -1.44. The number of nitrogens with one attached hydrogen (secondary N) is 2. The number of nitrogens with zero attached hydrogens (tertiary/aromatic N) is 1. The number of halogens is 1. The second-order valence-electron chi connectivity index (χ2n) is 7.54. The summed E-state index contributed by atoms with van der Waals surface area (Å²) in [6.07, 6.45) is -0.430. The molecular formula is C19H22ClN3O5. The highest BCUT2D eigenvalue weighted by Crippen LogP contribution is 2.53. The zero-order chi connectivity index (χ0) is 20.2. The lowest BCUT2D eigenvalue weighted by molar-refractivity contribution is -0.143. The first-order valence-corrected chi connectivity index (χ1v) is 9.62. The Morgan fingerprint density at radius 3 is 2.75 bits per heavy atom. The third kappa shape index (κ3) is 2.52. The Morgan fingerprint density at radius 1 is 1.32 bits per heavy atom. The Labute approximate surface area is 167 Å². The van der Waals surface area contributed by atoms with Gasteiger partial charge < -0.3 is 15.2 Å². The van der Waals surface area contributed by atoms with Crippen LogP contribution in [0.2, 0.25) is 5.02 Å². The summed E-state index contributed by atoms with van der Waals surface area (Å²) in [5.41, 5.74) is -0.358. The number of carbonyl (C=O) groups is 3. The highest BCUT2D eigenvalue weighted by atomic mass is 35.5. The molecule has 4 rings (SSSR count). The predicted molar refractivity (Wildman–Crippen MR) is 101 cm³/mol. The number of ether oxygens (including phenoxy) is 1. The van der Waals surface area contributed by atoms with E-state index in [0.29, 0.717) is 29.3 Å². The number of aliphatic hydroxyl groups is 1. The fourth-order valence-corrected chi connectivity index (χ4v) is 4.94. The molecule has 0 saturated carbocycles. The van der Waals surface area contributed by atoms with Gasteiger partial charge >= 0.3 is 0 Å². The number of hydrogen-bond donors (Lipinski definition) is 3. The summed E-state index contributed by atoms with van der Waals surface area (Å²) in [7, 11) is 1.55. The van der Waals surface area contributed by atoms with Crippen LogP contribution in [0.4, 0.5) is 5.69 Å². The molecule has 3 amide bonds. The van der Waals surface area contributed by atoms with Gasteiger partial charge in [-0.3, -0.25) is 24.6 Å². The van der Waals surface area contributed by atoms with Gasteiger partial charge in [-0.05, 0) is 31.5 Å². The average molecular weight is 408 g/mol. The monoisotopic (exact) mass is 407 g/mol. The summed E-state index contributed by atoms with van der Waals surface area (Å²) in [5.74, 6) is -2.97. The molecule has 28 heavy (non-hydrogen) atoms. The summed E-state index contributed by atoms with van der Waals surface area (Å²) in [5, 5.41) is 16.7. The van der Waals surface area contributed by atoms with Gasteiger partial charge in [0.2, 0.25) is 17.7 Å². The second-order valence-corrected chi connectivity index (χ2v) is 7.98. The van der Waals surface area contributed by atoms with E-state index in [4.69, 9.17) is 16.3 Å². The molecule has 0 bridgehead atoms. The van der Waals surface area contributed by atoms with Crippen LogP contribution in [0.1, 0.15) is 18.9 Å². The molecule has 0 aliphatic carbocycles. The average Bonchev–Trinajstić information content (AvgIpc) is 3.23. The van der Waals surface area contributed by atoms with Crippen LogP contribution >= 0.6 is 11.6 Å². The van der Waals surface area contributed by atoms with Crippen molar-refractivity contribution >= 4 is 35.0 Å². The van der Waals surface area contributed by atoms with Crippen LogP contribution in [0.25, 0.3) is 0 Å². The Morgan fingerprint density at radius 2 is 2.07 bits per heavy atom. The van der Waals surface area contributed by atoms with E-state index in [0.717, 1.165) is 0 Å². The zero-order valence-electron chi connectivity index (χ0n) is 15.6. The summed E-state index contributed by atoms with van der Waals surface area (Å²) >= 11 is 6.16. The summed E-state index contributed by atoms with van der Waals surface area (Å²) in [4.78, 5) is 40.7. The second kappa shape index (κ2) is 6.81. The van der Waals surface area contributed by atoms with E-state index in [-0.39, 0.29) is 12.5 Å². The fraction of sp³-hybridized carbons (Fsp3) is 0.526. The number of amides is 3. The van der Waals surface area contributed by atoms with Crippen molar-refractivity contribution < 1.29 is 24.2 Å². The Hall–Kier alpha value is -2.00. The molecule has 150 valence electrons. The van der Waals surface area contributed by atoms with Crippen LogP contribution in [0.3, 0.4) is 0 Å². The highest BCUT2D eigenvalue weighted by Gasteiger charge is 2.71. The highest BCUT2D eigenvalue weighted by molar-refractivity contribution is 6.31. The molecule has 2 fully saturated rings. The topological polar surface area (TPSA) is 108 Å². The third-order valence-corrected chi connectivity index (χ3v) is 6.19. The number of rotatable bonds is 5. The van der Waals surface area contributed by atoms with Gasteiger partial charge in [-0.2, -0.15) is 0 Å². The first-order chi connectivity index (χ1) is 13.3. The van der Waals surface area contributed by atoms with Crippen molar-refractivity contribution in [3.8, 4) is 0 Å². The minimum absolute atomic E-state index is 0.213. The molecule has 3 unspecified atom stereocenters. The molecule has 3 aliphatic rings. The maximum Gasteiger partial charge on any atom is 0.250 e. The number of aliphatic hydroxyl groups excluding tert-OH is 1. The largest absolute Gasteiger partial charge is 0.392 e. The Balaban J connectivity index is 1.81. The molecule has 1 aromatic carbocycles. The smallest absolute Gasteiger partial charge is 0.250 e. The lowest BCUT2D eigenvalue weighted by Gasteiger charge is -2.30. The SMILES string of the molecule is COCCCN1C(=O)[C@H]2C(C(C)O)NC3(C(=O)Nc4ccc(Cl)cc43)[C@H]2C1=O. The molecule has 9 heteroatoms. The standard InChI is InChI=1S/C19H22ClN3O5/c1-9(24)15-13-14(17(26)23(16(13)25)6-3-7-28-2)19(22-15)11-8-10(20)4-5-12(11)21-18(19)27/h4-5,8-9,13-15,22,24H,3,6-7H2,1-2H3,(H,21,27)/t9?,13-,14-,15?,19?/m1/s1.